The van der Waals surface area contributed by atoms with Gasteiger partial charge < -0.3 is 15.4 Å². The van der Waals surface area contributed by atoms with E-state index in [9.17, 15) is 0 Å². The molecule has 0 bridgehead atoms. The second-order valence-electron chi connectivity index (χ2n) is 3.27. The molecule has 1 aliphatic heterocycles. The molecule has 3 heteroatoms. The average molecular weight is 172 g/mol. The molecule has 1 rings (SSSR count). The van der Waals surface area contributed by atoms with Crippen LogP contribution in [-0.2, 0) is 4.74 Å². The monoisotopic (exact) mass is 172 g/mol. The number of ether oxygens (including phenoxy) is 1. The van der Waals surface area contributed by atoms with E-state index < -0.39 is 0 Å². The van der Waals surface area contributed by atoms with E-state index in [1.807, 2.05) is 0 Å². The van der Waals surface area contributed by atoms with Gasteiger partial charge in [0.1, 0.15) is 0 Å². The minimum atomic E-state index is 0.564. The Morgan fingerprint density at radius 1 is 1.25 bits per heavy atom. The Morgan fingerprint density at radius 3 is 2.75 bits per heavy atom. The van der Waals surface area contributed by atoms with Crippen LogP contribution in [-0.4, -0.2) is 38.9 Å². The molecule has 1 fully saturated rings. The molecule has 0 radical (unpaired) electrons. The van der Waals surface area contributed by atoms with E-state index in [1.54, 1.807) is 0 Å². The predicted molar refractivity (Wildman–Crippen MR) is 50.3 cm³/mol. The zero-order valence-electron chi connectivity index (χ0n) is 8.10. The van der Waals surface area contributed by atoms with E-state index in [-0.39, 0.29) is 0 Å². The molecule has 12 heavy (non-hydrogen) atoms. The molecule has 0 aromatic rings. The van der Waals surface area contributed by atoms with Crippen molar-refractivity contribution in [1.82, 2.24) is 10.6 Å². The minimum absolute atomic E-state index is 0.564. The topological polar surface area (TPSA) is 33.3 Å². The van der Waals surface area contributed by atoms with Crippen LogP contribution in [0.5, 0.6) is 0 Å². The lowest BCUT2D eigenvalue weighted by molar-refractivity contribution is 0.182. The second-order valence-corrected chi connectivity index (χ2v) is 3.27. The van der Waals surface area contributed by atoms with Gasteiger partial charge in [0, 0.05) is 18.5 Å². The molecule has 0 amide bonds. The van der Waals surface area contributed by atoms with Gasteiger partial charge in [-0.25, -0.2) is 0 Å². The van der Waals surface area contributed by atoms with E-state index in [0.717, 1.165) is 32.8 Å². The SMILES string of the molecule is CCNCC1COCC1NCC. The van der Waals surface area contributed by atoms with Crippen LogP contribution >= 0.6 is 0 Å². The molecule has 2 N–H and O–H groups in total. The van der Waals surface area contributed by atoms with E-state index in [4.69, 9.17) is 4.74 Å². The molecule has 2 atom stereocenters. The standard InChI is InChI=1S/C9H20N2O/c1-3-10-5-8-6-12-7-9(8)11-4-2/h8-11H,3-7H2,1-2H3. The van der Waals surface area contributed by atoms with Crippen molar-refractivity contribution < 1.29 is 4.74 Å². The summed E-state index contributed by atoms with van der Waals surface area (Å²) in [5.41, 5.74) is 0. The fraction of sp³-hybridized carbons (Fsp3) is 1.00. The molecule has 72 valence electrons. The number of hydrogen-bond donors (Lipinski definition) is 2. The Labute approximate surface area is 74.9 Å². The first-order valence-corrected chi connectivity index (χ1v) is 4.90. The molecular formula is C9H20N2O. The zero-order valence-corrected chi connectivity index (χ0v) is 8.10. The molecule has 0 aromatic carbocycles. The third-order valence-corrected chi connectivity index (χ3v) is 2.32. The largest absolute Gasteiger partial charge is 0.379 e. The van der Waals surface area contributed by atoms with Crippen molar-refractivity contribution in [1.29, 1.82) is 0 Å². The Hall–Kier alpha value is -0.120. The highest BCUT2D eigenvalue weighted by molar-refractivity contribution is 4.82. The maximum absolute atomic E-state index is 5.42. The fourth-order valence-electron chi connectivity index (χ4n) is 1.62. The van der Waals surface area contributed by atoms with Crippen molar-refractivity contribution >= 4 is 0 Å². The first-order chi connectivity index (χ1) is 5.88. The van der Waals surface area contributed by atoms with Crippen LogP contribution in [0.1, 0.15) is 13.8 Å². The molecule has 0 aromatic heterocycles. The van der Waals surface area contributed by atoms with Gasteiger partial charge in [-0.2, -0.15) is 0 Å². The Kier molecular flexibility index (Phi) is 4.58. The molecule has 0 aliphatic carbocycles. The van der Waals surface area contributed by atoms with E-state index in [1.165, 1.54) is 0 Å². The highest BCUT2D eigenvalue weighted by atomic mass is 16.5. The molecule has 3 nitrogen and oxygen atoms in total. The summed E-state index contributed by atoms with van der Waals surface area (Å²) < 4.78 is 5.42. The summed E-state index contributed by atoms with van der Waals surface area (Å²) in [7, 11) is 0. The van der Waals surface area contributed by atoms with Gasteiger partial charge in [-0.15, -0.1) is 0 Å². The normalized spacial score (nSPS) is 29.5. The molecule has 1 saturated heterocycles. The molecular weight excluding hydrogens is 152 g/mol. The minimum Gasteiger partial charge on any atom is -0.379 e. The molecule has 0 saturated carbocycles. The van der Waals surface area contributed by atoms with Crippen molar-refractivity contribution in [3.63, 3.8) is 0 Å². The van der Waals surface area contributed by atoms with E-state index in [0.29, 0.717) is 12.0 Å². The Bertz CT molecular complexity index is 119. The quantitative estimate of drug-likeness (QED) is 0.622. The van der Waals surface area contributed by atoms with Gasteiger partial charge in [-0.05, 0) is 13.1 Å². The molecule has 0 spiro atoms. The van der Waals surface area contributed by atoms with Crippen LogP contribution < -0.4 is 10.6 Å². The summed E-state index contributed by atoms with van der Waals surface area (Å²) in [5, 5.41) is 6.80. The van der Waals surface area contributed by atoms with Crippen LogP contribution in [0.2, 0.25) is 0 Å². The van der Waals surface area contributed by atoms with Crippen molar-refractivity contribution in [3.05, 3.63) is 0 Å². The van der Waals surface area contributed by atoms with Crippen molar-refractivity contribution in [2.75, 3.05) is 32.8 Å². The summed E-state index contributed by atoms with van der Waals surface area (Å²) in [6.07, 6.45) is 0. The van der Waals surface area contributed by atoms with Gasteiger partial charge in [-0.1, -0.05) is 13.8 Å². The lowest BCUT2D eigenvalue weighted by atomic mass is 10.0. The first kappa shape index (κ1) is 9.96. The smallest absolute Gasteiger partial charge is 0.0623 e. The third-order valence-electron chi connectivity index (χ3n) is 2.32. The highest BCUT2D eigenvalue weighted by Crippen LogP contribution is 2.12. The number of rotatable bonds is 5. The summed E-state index contributed by atoms with van der Waals surface area (Å²) in [5.74, 6) is 0.657. The Balaban J connectivity index is 2.20. The van der Waals surface area contributed by atoms with Gasteiger partial charge in [0.15, 0.2) is 0 Å². The number of hydrogen-bond acceptors (Lipinski definition) is 3. The van der Waals surface area contributed by atoms with E-state index in [2.05, 4.69) is 24.5 Å². The summed E-state index contributed by atoms with van der Waals surface area (Å²) in [6, 6.07) is 0.564. The summed E-state index contributed by atoms with van der Waals surface area (Å²) in [6.45, 7) is 9.23. The van der Waals surface area contributed by atoms with Crippen molar-refractivity contribution in [2.24, 2.45) is 5.92 Å². The zero-order chi connectivity index (χ0) is 8.81. The average Bonchev–Trinajstić information content (AvgIpc) is 2.50. The van der Waals surface area contributed by atoms with Gasteiger partial charge in [0.05, 0.1) is 13.2 Å². The van der Waals surface area contributed by atoms with Crippen LogP contribution in [0.3, 0.4) is 0 Å². The molecule has 1 aliphatic rings. The molecule has 1 heterocycles. The van der Waals surface area contributed by atoms with Gasteiger partial charge >= 0.3 is 0 Å². The first-order valence-electron chi connectivity index (χ1n) is 4.90. The lowest BCUT2D eigenvalue weighted by Crippen LogP contribution is -2.40. The van der Waals surface area contributed by atoms with Crippen molar-refractivity contribution in [2.45, 2.75) is 19.9 Å². The van der Waals surface area contributed by atoms with Crippen molar-refractivity contribution in [3.8, 4) is 0 Å². The maximum Gasteiger partial charge on any atom is 0.0623 e. The van der Waals surface area contributed by atoms with Gasteiger partial charge in [0.2, 0.25) is 0 Å². The third kappa shape index (κ3) is 2.73. The number of nitrogens with one attached hydrogen (secondary N) is 2. The fourth-order valence-corrected chi connectivity index (χ4v) is 1.62. The van der Waals surface area contributed by atoms with Crippen LogP contribution in [0.25, 0.3) is 0 Å². The second kappa shape index (κ2) is 5.51. The van der Waals surface area contributed by atoms with Gasteiger partial charge in [-0.3, -0.25) is 0 Å². The van der Waals surface area contributed by atoms with Crippen LogP contribution in [0, 0.1) is 5.92 Å². The summed E-state index contributed by atoms with van der Waals surface area (Å²) >= 11 is 0. The number of likely N-dealkylation sites (N-methyl/N-ethyl adjacent to an activating group) is 1. The van der Waals surface area contributed by atoms with E-state index >= 15 is 0 Å². The lowest BCUT2D eigenvalue weighted by Gasteiger charge is -2.17. The van der Waals surface area contributed by atoms with Crippen LogP contribution in [0.15, 0.2) is 0 Å². The highest BCUT2D eigenvalue weighted by Gasteiger charge is 2.26. The maximum atomic E-state index is 5.42. The van der Waals surface area contributed by atoms with Crippen LogP contribution in [0.4, 0.5) is 0 Å². The summed E-state index contributed by atoms with van der Waals surface area (Å²) in [4.78, 5) is 0. The predicted octanol–water partition coefficient (Wildman–Crippen LogP) is 0.220. The van der Waals surface area contributed by atoms with Gasteiger partial charge in [0.25, 0.3) is 0 Å². The molecule has 2 unspecified atom stereocenters. The Morgan fingerprint density at radius 2 is 2.08 bits per heavy atom.